The molecule has 3 unspecified atom stereocenters. The minimum atomic E-state index is 0.327. The lowest BCUT2D eigenvalue weighted by Gasteiger charge is -2.31. The van der Waals surface area contributed by atoms with Gasteiger partial charge >= 0.3 is 0 Å². The van der Waals surface area contributed by atoms with Crippen molar-refractivity contribution >= 4 is 17.1 Å². The van der Waals surface area contributed by atoms with E-state index in [0.717, 1.165) is 19.3 Å². The molecule has 2 nitrogen and oxygen atoms in total. The van der Waals surface area contributed by atoms with Crippen LogP contribution in [0.3, 0.4) is 0 Å². The standard InChI is InChI=1S/C44H48N2/c1-31-12-7-8-16-38(26-31)45(39-17-9-13-32(2)27-39)37-21-20-35(5)43(24-22-37)44-25-23-42(30-36(44)6)46(40-18-10-14-33(3)28-40)41-19-11-15-34(4)29-41/h7-10,12-18,21-31,35,43H,11,19-20H2,1-6H3. The van der Waals surface area contributed by atoms with Crippen molar-refractivity contribution in [2.75, 3.05) is 9.80 Å². The molecule has 0 amide bonds. The van der Waals surface area contributed by atoms with E-state index in [1.54, 1.807) is 0 Å². The van der Waals surface area contributed by atoms with Gasteiger partial charge in [-0.2, -0.15) is 0 Å². The quantitative estimate of drug-likeness (QED) is 0.265. The van der Waals surface area contributed by atoms with E-state index < -0.39 is 0 Å². The van der Waals surface area contributed by atoms with Crippen LogP contribution in [0.25, 0.3) is 0 Å². The fourth-order valence-corrected chi connectivity index (χ4v) is 7.07. The Labute approximate surface area is 277 Å². The first-order chi connectivity index (χ1) is 22.3. The summed E-state index contributed by atoms with van der Waals surface area (Å²) in [5, 5.41) is 0. The Bertz CT molecular complexity index is 1810. The summed E-state index contributed by atoms with van der Waals surface area (Å²) in [5.74, 6) is 1.16. The lowest BCUT2D eigenvalue weighted by molar-refractivity contribution is 0.532. The summed E-state index contributed by atoms with van der Waals surface area (Å²) in [6, 6.07) is 24.9. The van der Waals surface area contributed by atoms with Crippen molar-refractivity contribution in [1.82, 2.24) is 0 Å². The fourth-order valence-electron chi connectivity index (χ4n) is 7.07. The molecule has 3 aliphatic carbocycles. The van der Waals surface area contributed by atoms with Crippen LogP contribution in [0.2, 0.25) is 0 Å². The molecule has 3 aromatic rings. The first-order valence-corrected chi connectivity index (χ1v) is 16.9. The van der Waals surface area contributed by atoms with Crippen molar-refractivity contribution in [2.45, 2.75) is 66.7 Å². The third-order valence-electron chi connectivity index (χ3n) is 9.47. The van der Waals surface area contributed by atoms with Gasteiger partial charge in [0.25, 0.3) is 0 Å². The summed E-state index contributed by atoms with van der Waals surface area (Å²) in [6.45, 7) is 13.5. The van der Waals surface area contributed by atoms with Gasteiger partial charge < -0.3 is 9.80 Å². The van der Waals surface area contributed by atoms with Crippen molar-refractivity contribution in [1.29, 1.82) is 0 Å². The molecule has 6 rings (SSSR count). The smallest absolute Gasteiger partial charge is 0.0463 e. The first kappa shape index (κ1) is 31.4. The van der Waals surface area contributed by atoms with E-state index in [0.29, 0.717) is 17.8 Å². The molecule has 0 fully saturated rings. The van der Waals surface area contributed by atoms with E-state index in [4.69, 9.17) is 0 Å². The second kappa shape index (κ2) is 13.8. The molecule has 0 spiro atoms. The number of benzene rings is 3. The van der Waals surface area contributed by atoms with Crippen molar-refractivity contribution in [2.24, 2.45) is 11.8 Å². The highest BCUT2D eigenvalue weighted by Crippen LogP contribution is 2.40. The average Bonchev–Trinajstić information content (AvgIpc) is 3.35. The third kappa shape index (κ3) is 6.97. The third-order valence-corrected chi connectivity index (χ3v) is 9.47. The summed E-state index contributed by atoms with van der Waals surface area (Å²) in [5.41, 5.74) is 14.1. The molecule has 0 aliphatic heterocycles. The molecule has 0 aromatic heterocycles. The minimum absolute atomic E-state index is 0.327. The monoisotopic (exact) mass is 604 g/mol. The fraction of sp³-hybridized carbons (Fsp3) is 0.273. The van der Waals surface area contributed by atoms with E-state index in [-0.39, 0.29) is 0 Å². The lowest BCUT2D eigenvalue weighted by Crippen LogP contribution is -2.20. The zero-order chi connectivity index (χ0) is 32.2. The molecule has 0 saturated heterocycles. The van der Waals surface area contributed by atoms with E-state index in [9.17, 15) is 0 Å². The van der Waals surface area contributed by atoms with Crippen LogP contribution < -0.4 is 9.80 Å². The second-order valence-corrected chi connectivity index (χ2v) is 13.4. The highest BCUT2D eigenvalue weighted by Gasteiger charge is 2.25. The van der Waals surface area contributed by atoms with Crippen molar-refractivity contribution in [3.8, 4) is 0 Å². The molecule has 3 aliphatic rings. The Balaban J connectivity index is 1.35. The molecule has 0 radical (unpaired) electrons. The SMILES string of the molecule is CC1=CCCC(N(c2cccc(C)c2)c2ccc(C3C=CC(N(C4=CC(C)C=CC=C4)c4cccc(C)c4)=CCC3C)c(C)c2)=C1. The van der Waals surface area contributed by atoms with Crippen molar-refractivity contribution in [3.05, 3.63) is 172 Å². The summed E-state index contributed by atoms with van der Waals surface area (Å²) in [4.78, 5) is 4.90. The van der Waals surface area contributed by atoms with Crippen molar-refractivity contribution < 1.29 is 0 Å². The van der Waals surface area contributed by atoms with Crippen LogP contribution in [-0.4, -0.2) is 0 Å². The van der Waals surface area contributed by atoms with Crippen LogP contribution in [0.15, 0.2) is 150 Å². The number of rotatable bonds is 7. The van der Waals surface area contributed by atoms with Gasteiger partial charge in [-0.25, -0.2) is 0 Å². The zero-order valence-corrected chi connectivity index (χ0v) is 28.4. The van der Waals surface area contributed by atoms with Gasteiger partial charge in [0.05, 0.1) is 0 Å². The number of allylic oxidation sites excluding steroid dienone is 12. The molecule has 0 bridgehead atoms. The summed E-state index contributed by atoms with van der Waals surface area (Å²) in [6.07, 6.45) is 26.3. The molecule has 3 atom stereocenters. The number of nitrogens with zero attached hydrogens (tertiary/aromatic N) is 2. The average molecular weight is 605 g/mol. The van der Waals surface area contributed by atoms with Crippen LogP contribution in [-0.2, 0) is 0 Å². The van der Waals surface area contributed by atoms with E-state index in [1.807, 2.05) is 0 Å². The summed E-state index contributed by atoms with van der Waals surface area (Å²) >= 11 is 0. The first-order valence-electron chi connectivity index (χ1n) is 16.9. The van der Waals surface area contributed by atoms with E-state index >= 15 is 0 Å². The molecular formula is C44H48N2. The lowest BCUT2D eigenvalue weighted by atomic mass is 9.83. The minimum Gasteiger partial charge on any atom is -0.314 e. The highest BCUT2D eigenvalue weighted by atomic mass is 15.2. The summed E-state index contributed by atoms with van der Waals surface area (Å²) in [7, 11) is 0. The van der Waals surface area contributed by atoms with Crippen LogP contribution in [0.4, 0.5) is 17.1 Å². The Kier molecular flexibility index (Phi) is 9.45. The number of hydrogen-bond acceptors (Lipinski definition) is 2. The predicted molar refractivity (Wildman–Crippen MR) is 199 cm³/mol. The van der Waals surface area contributed by atoms with Crippen LogP contribution in [0, 0.1) is 32.6 Å². The molecule has 0 heterocycles. The van der Waals surface area contributed by atoms with Crippen molar-refractivity contribution in [3.63, 3.8) is 0 Å². The maximum Gasteiger partial charge on any atom is 0.0463 e. The van der Waals surface area contributed by atoms with Crippen LogP contribution in [0.1, 0.15) is 68.2 Å². The topological polar surface area (TPSA) is 6.48 Å². The molecule has 2 heteroatoms. The maximum atomic E-state index is 2.47. The van der Waals surface area contributed by atoms with Gasteiger partial charge in [0.1, 0.15) is 0 Å². The van der Waals surface area contributed by atoms with E-state index in [2.05, 4.69) is 179 Å². The maximum absolute atomic E-state index is 2.47. The molecule has 0 saturated carbocycles. The number of aryl methyl sites for hydroxylation is 3. The Morgan fingerprint density at radius 1 is 0.674 bits per heavy atom. The Morgan fingerprint density at radius 2 is 1.39 bits per heavy atom. The molecule has 46 heavy (non-hydrogen) atoms. The predicted octanol–water partition coefficient (Wildman–Crippen LogP) is 12.1. The molecule has 234 valence electrons. The Hall–Kier alpha value is -4.56. The van der Waals surface area contributed by atoms with E-state index in [1.165, 1.54) is 62.0 Å². The van der Waals surface area contributed by atoms with Gasteiger partial charge in [0.2, 0.25) is 0 Å². The van der Waals surface area contributed by atoms with Crippen LogP contribution in [0.5, 0.6) is 0 Å². The van der Waals surface area contributed by atoms with Crippen LogP contribution >= 0.6 is 0 Å². The van der Waals surface area contributed by atoms with Gasteiger partial charge in [-0.1, -0.05) is 92.3 Å². The normalized spacial score (nSPS) is 21.0. The highest BCUT2D eigenvalue weighted by molar-refractivity contribution is 5.71. The van der Waals surface area contributed by atoms with Gasteiger partial charge in [-0.05, 0) is 136 Å². The van der Waals surface area contributed by atoms with Gasteiger partial charge in [-0.3, -0.25) is 0 Å². The number of hydrogen-bond donors (Lipinski definition) is 0. The number of anilines is 3. The largest absolute Gasteiger partial charge is 0.314 e. The Morgan fingerprint density at radius 3 is 2.09 bits per heavy atom. The second-order valence-electron chi connectivity index (χ2n) is 13.4. The molecule has 3 aromatic carbocycles. The molecular weight excluding hydrogens is 556 g/mol. The molecule has 0 N–H and O–H groups in total. The summed E-state index contributed by atoms with van der Waals surface area (Å²) < 4.78 is 0. The zero-order valence-electron chi connectivity index (χ0n) is 28.4. The van der Waals surface area contributed by atoms with Gasteiger partial charge in [0.15, 0.2) is 0 Å². The van der Waals surface area contributed by atoms with Gasteiger partial charge in [-0.15, -0.1) is 0 Å². The van der Waals surface area contributed by atoms with Gasteiger partial charge in [0, 0.05) is 40.1 Å².